The topological polar surface area (TPSA) is 71.6 Å². The number of rotatable bonds is 4. The van der Waals surface area contributed by atoms with E-state index in [2.05, 4.69) is 16.0 Å². The van der Waals surface area contributed by atoms with Crippen LogP contribution < -0.4 is 5.56 Å². The summed E-state index contributed by atoms with van der Waals surface area (Å²) < 4.78 is 1.60. The molecular weight excluding hydrogens is 296 g/mol. The lowest BCUT2D eigenvalue weighted by Crippen LogP contribution is -2.24. The largest absolute Gasteiger partial charge is 0.283 e. The monoisotopic (exact) mass is 308 g/mol. The first-order valence-electron chi connectivity index (χ1n) is 6.68. The number of nitriles is 1. The van der Waals surface area contributed by atoms with Crippen molar-refractivity contribution in [2.45, 2.75) is 11.7 Å². The Labute approximate surface area is 131 Å². The van der Waals surface area contributed by atoms with E-state index < -0.39 is 0 Å². The zero-order chi connectivity index (χ0) is 15.4. The second kappa shape index (κ2) is 6.41. The number of thioether (sulfide) groups is 1. The van der Waals surface area contributed by atoms with E-state index in [0.717, 1.165) is 5.56 Å². The van der Waals surface area contributed by atoms with Crippen LogP contribution in [0.3, 0.4) is 0 Å². The van der Waals surface area contributed by atoms with Crippen molar-refractivity contribution in [3.63, 3.8) is 0 Å². The molecular formula is C16H12N4OS. The predicted molar refractivity (Wildman–Crippen MR) is 85.7 cm³/mol. The molecule has 2 heterocycles. The van der Waals surface area contributed by atoms with Crippen LogP contribution in [-0.2, 0) is 6.54 Å². The van der Waals surface area contributed by atoms with Crippen LogP contribution in [0.15, 0.2) is 58.7 Å². The van der Waals surface area contributed by atoms with E-state index >= 15 is 0 Å². The highest BCUT2D eigenvalue weighted by atomic mass is 32.2. The van der Waals surface area contributed by atoms with Gasteiger partial charge in [-0.25, -0.2) is 4.98 Å². The summed E-state index contributed by atoms with van der Waals surface area (Å²) in [5, 5.41) is 9.92. The van der Waals surface area contributed by atoms with Gasteiger partial charge >= 0.3 is 0 Å². The zero-order valence-corrected chi connectivity index (χ0v) is 12.5. The van der Waals surface area contributed by atoms with Crippen molar-refractivity contribution < 1.29 is 0 Å². The molecule has 0 spiro atoms. The molecule has 0 aliphatic carbocycles. The third-order valence-corrected chi connectivity index (χ3v) is 4.00. The Balaban J connectivity index is 2.15. The molecule has 0 bridgehead atoms. The highest BCUT2D eigenvalue weighted by molar-refractivity contribution is 7.99. The molecule has 0 N–H and O–H groups in total. The highest BCUT2D eigenvalue weighted by Crippen LogP contribution is 2.18. The Morgan fingerprint density at radius 1 is 1.23 bits per heavy atom. The summed E-state index contributed by atoms with van der Waals surface area (Å²) in [6.45, 7) is 0.387. The number of fused-ring (bicyclic) bond motifs is 1. The van der Waals surface area contributed by atoms with Crippen LogP contribution >= 0.6 is 11.8 Å². The van der Waals surface area contributed by atoms with Gasteiger partial charge in [-0.15, -0.1) is 0 Å². The first kappa shape index (κ1) is 14.3. The van der Waals surface area contributed by atoms with Gasteiger partial charge in [0.1, 0.15) is 0 Å². The molecule has 0 amide bonds. The van der Waals surface area contributed by atoms with Crippen LogP contribution in [0.5, 0.6) is 0 Å². The van der Waals surface area contributed by atoms with Crippen molar-refractivity contribution in [2.24, 2.45) is 0 Å². The van der Waals surface area contributed by atoms with Crippen LogP contribution in [0.1, 0.15) is 5.56 Å². The minimum Gasteiger partial charge on any atom is -0.283 e. The molecule has 3 rings (SSSR count). The number of hydrogen-bond acceptors (Lipinski definition) is 5. The van der Waals surface area contributed by atoms with Gasteiger partial charge in [-0.1, -0.05) is 30.0 Å². The van der Waals surface area contributed by atoms with E-state index in [9.17, 15) is 4.79 Å². The van der Waals surface area contributed by atoms with Crippen LogP contribution in [0.4, 0.5) is 0 Å². The second-order valence-electron chi connectivity index (χ2n) is 4.61. The minimum atomic E-state index is -0.102. The van der Waals surface area contributed by atoms with E-state index in [0.29, 0.717) is 22.6 Å². The maximum atomic E-state index is 12.7. The molecule has 5 nitrogen and oxygen atoms in total. The Morgan fingerprint density at radius 3 is 2.86 bits per heavy atom. The summed E-state index contributed by atoms with van der Waals surface area (Å²) in [4.78, 5) is 21.3. The number of pyridine rings is 1. The highest BCUT2D eigenvalue weighted by Gasteiger charge is 2.11. The second-order valence-corrected chi connectivity index (χ2v) is 5.55. The van der Waals surface area contributed by atoms with Crippen LogP contribution in [-0.4, -0.2) is 20.3 Å². The molecule has 22 heavy (non-hydrogen) atoms. The van der Waals surface area contributed by atoms with E-state index in [1.807, 2.05) is 30.3 Å². The van der Waals surface area contributed by atoms with E-state index in [1.165, 1.54) is 11.8 Å². The number of benzene rings is 1. The van der Waals surface area contributed by atoms with Gasteiger partial charge in [0.15, 0.2) is 5.16 Å². The third-order valence-electron chi connectivity index (χ3n) is 3.16. The van der Waals surface area contributed by atoms with Gasteiger partial charge in [0.05, 0.1) is 29.3 Å². The Hall–Kier alpha value is -2.65. The average molecular weight is 308 g/mol. The Bertz CT molecular complexity index is 899. The number of para-hydroxylation sites is 1. The number of nitrogens with zero attached hydrogens (tertiary/aromatic N) is 4. The summed E-state index contributed by atoms with van der Waals surface area (Å²) in [7, 11) is 0. The van der Waals surface area contributed by atoms with E-state index in [1.54, 1.807) is 23.0 Å². The summed E-state index contributed by atoms with van der Waals surface area (Å²) in [6, 6.07) is 13.1. The lowest BCUT2D eigenvalue weighted by atomic mass is 10.2. The van der Waals surface area contributed by atoms with Crippen LogP contribution in [0.25, 0.3) is 10.9 Å². The van der Waals surface area contributed by atoms with Gasteiger partial charge in [0.25, 0.3) is 5.56 Å². The molecule has 0 radical (unpaired) electrons. The van der Waals surface area contributed by atoms with Gasteiger partial charge in [-0.05, 0) is 23.8 Å². The molecule has 0 saturated carbocycles. The zero-order valence-electron chi connectivity index (χ0n) is 11.6. The van der Waals surface area contributed by atoms with Crippen LogP contribution in [0, 0.1) is 11.3 Å². The number of aromatic nitrogens is 3. The summed E-state index contributed by atoms with van der Waals surface area (Å²) in [6.07, 6.45) is 3.41. The predicted octanol–water partition coefficient (Wildman–Crippen LogP) is 2.46. The normalized spacial score (nSPS) is 10.5. The molecule has 2 aromatic heterocycles. The fraction of sp³-hybridized carbons (Fsp3) is 0.125. The quantitative estimate of drug-likeness (QED) is 0.547. The van der Waals surface area contributed by atoms with Crippen molar-refractivity contribution in [3.05, 3.63) is 64.7 Å². The Kier molecular flexibility index (Phi) is 4.17. The summed E-state index contributed by atoms with van der Waals surface area (Å²) in [5.41, 5.74) is 1.46. The third kappa shape index (κ3) is 2.85. The molecule has 0 fully saturated rings. The lowest BCUT2D eigenvalue weighted by molar-refractivity contribution is 0.657. The fourth-order valence-electron chi connectivity index (χ4n) is 2.17. The first-order valence-corrected chi connectivity index (χ1v) is 7.66. The smallest absolute Gasteiger partial charge is 0.262 e. The van der Waals surface area contributed by atoms with Gasteiger partial charge in [-0.3, -0.25) is 14.3 Å². The maximum absolute atomic E-state index is 12.7. The fourth-order valence-corrected chi connectivity index (χ4v) is 2.83. The van der Waals surface area contributed by atoms with Gasteiger partial charge in [-0.2, -0.15) is 5.26 Å². The molecule has 0 unspecified atom stereocenters. The molecule has 0 atom stereocenters. The molecule has 0 aliphatic rings. The lowest BCUT2D eigenvalue weighted by Gasteiger charge is -2.12. The molecule has 3 aromatic rings. The SMILES string of the molecule is N#CCSc1nc2ccccc2c(=O)n1Cc1cccnc1. The standard InChI is InChI=1S/C16H12N4OS/c17-7-9-22-16-19-14-6-2-1-5-13(14)15(21)20(16)11-12-4-3-8-18-10-12/h1-6,8,10H,9,11H2. The maximum Gasteiger partial charge on any atom is 0.262 e. The summed E-state index contributed by atoms with van der Waals surface area (Å²) in [5.74, 6) is 0.248. The molecule has 108 valence electrons. The van der Waals surface area contributed by atoms with E-state index in [4.69, 9.17) is 5.26 Å². The Morgan fingerprint density at radius 2 is 2.09 bits per heavy atom. The molecule has 0 saturated heterocycles. The van der Waals surface area contributed by atoms with Gasteiger partial charge in [0, 0.05) is 12.4 Å². The first-order chi connectivity index (χ1) is 10.8. The molecule has 6 heteroatoms. The van der Waals surface area contributed by atoms with Crippen molar-refractivity contribution in [1.29, 1.82) is 5.26 Å². The van der Waals surface area contributed by atoms with Crippen molar-refractivity contribution >= 4 is 22.7 Å². The molecule has 1 aromatic carbocycles. The average Bonchev–Trinajstić information content (AvgIpc) is 2.57. The summed E-state index contributed by atoms with van der Waals surface area (Å²) >= 11 is 1.27. The number of hydrogen-bond donors (Lipinski definition) is 0. The van der Waals surface area contributed by atoms with Crippen molar-refractivity contribution in [3.8, 4) is 6.07 Å². The van der Waals surface area contributed by atoms with Crippen LogP contribution in [0.2, 0.25) is 0 Å². The minimum absolute atomic E-state index is 0.102. The van der Waals surface area contributed by atoms with Crippen molar-refractivity contribution in [1.82, 2.24) is 14.5 Å². The molecule has 0 aliphatic heterocycles. The van der Waals surface area contributed by atoms with Gasteiger partial charge < -0.3 is 0 Å². The van der Waals surface area contributed by atoms with Crippen molar-refractivity contribution in [2.75, 3.05) is 5.75 Å². The van der Waals surface area contributed by atoms with E-state index in [-0.39, 0.29) is 11.3 Å². The van der Waals surface area contributed by atoms with Gasteiger partial charge in [0.2, 0.25) is 0 Å².